The van der Waals surface area contributed by atoms with E-state index in [2.05, 4.69) is 47.3 Å². The summed E-state index contributed by atoms with van der Waals surface area (Å²) in [7, 11) is 0. The number of halogens is 1. The van der Waals surface area contributed by atoms with Crippen LogP contribution in [-0.4, -0.2) is 24.2 Å². The Balaban J connectivity index is 1.94. The van der Waals surface area contributed by atoms with E-state index in [1.165, 1.54) is 0 Å². The Bertz CT molecular complexity index is 858. The van der Waals surface area contributed by atoms with Gasteiger partial charge in [0.1, 0.15) is 11.5 Å². The van der Waals surface area contributed by atoms with E-state index in [0.717, 1.165) is 23.7 Å². The topological polar surface area (TPSA) is 59.6 Å². The molecule has 0 atom stereocenters. The molecule has 2 N–H and O–H groups in total. The molecule has 162 valence electrons. The molecule has 7 heteroatoms. The molecule has 0 fully saturated rings. The van der Waals surface area contributed by atoms with E-state index in [0.29, 0.717) is 41.9 Å². The van der Waals surface area contributed by atoms with E-state index in [1.807, 2.05) is 24.3 Å². The summed E-state index contributed by atoms with van der Waals surface area (Å²) in [4.78, 5) is 12.6. The van der Waals surface area contributed by atoms with Crippen molar-refractivity contribution in [1.29, 1.82) is 0 Å². The quantitative estimate of drug-likeness (QED) is 0.306. The minimum absolute atomic E-state index is 0.208. The van der Waals surface area contributed by atoms with Crippen molar-refractivity contribution in [3.8, 4) is 11.5 Å². The molecule has 0 spiro atoms. The molecule has 30 heavy (non-hydrogen) atoms. The summed E-state index contributed by atoms with van der Waals surface area (Å²) >= 11 is 8.78. The van der Waals surface area contributed by atoms with Gasteiger partial charge in [-0.2, -0.15) is 0 Å². The number of carbonyl (C=O) groups excluding carboxylic acids is 1. The molecule has 0 aromatic heterocycles. The number of para-hydroxylation sites is 2. The molecule has 0 saturated heterocycles. The van der Waals surface area contributed by atoms with Gasteiger partial charge in [-0.05, 0) is 77.2 Å². The van der Waals surface area contributed by atoms with E-state index < -0.39 is 0 Å². The number of benzene rings is 2. The minimum atomic E-state index is -0.300. The number of anilines is 1. The summed E-state index contributed by atoms with van der Waals surface area (Å²) in [6.45, 7) is 7.68. The molecule has 0 saturated carbocycles. The molecule has 2 aromatic rings. The van der Waals surface area contributed by atoms with Crippen molar-refractivity contribution >= 4 is 44.9 Å². The van der Waals surface area contributed by atoms with Gasteiger partial charge < -0.3 is 14.8 Å². The van der Waals surface area contributed by atoms with Gasteiger partial charge >= 0.3 is 0 Å². The van der Waals surface area contributed by atoms with Crippen molar-refractivity contribution in [3.63, 3.8) is 0 Å². The van der Waals surface area contributed by atoms with Gasteiger partial charge in [0, 0.05) is 5.56 Å². The lowest BCUT2D eigenvalue weighted by atomic mass is 10.1. The molecule has 0 unspecified atom stereocenters. The lowest BCUT2D eigenvalue weighted by Crippen LogP contribution is -2.34. The van der Waals surface area contributed by atoms with Gasteiger partial charge in [0.05, 0.1) is 23.4 Å². The van der Waals surface area contributed by atoms with Crippen LogP contribution in [0.1, 0.15) is 50.4 Å². The molecule has 0 aliphatic rings. The molecule has 1 amide bonds. The zero-order valence-electron chi connectivity index (χ0n) is 17.7. The van der Waals surface area contributed by atoms with Crippen LogP contribution in [0.4, 0.5) is 5.69 Å². The third-order valence-corrected chi connectivity index (χ3v) is 5.09. The molecule has 2 aromatic carbocycles. The van der Waals surface area contributed by atoms with Crippen LogP contribution in [0.15, 0.2) is 46.9 Å². The number of carbonyl (C=O) groups is 1. The Hall–Kier alpha value is -2.12. The number of rotatable bonds is 10. The highest BCUT2D eigenvalue weighted by atomic mass is 79.9. The van der Waals surface area contributed by atoms with Crippen LogP contribution < -0.4 is 20.1 Å². The number of unbranched alkanes of at least 4 members (excludes halogenated alkanes) is 1. The predicted octanol–water partition coefficient (Wildman–Crippen LogP) is 6.18. The van der Waals surface area contributed by atoms with Crippen LogP contribution in [0.25, 0.3) is 0 Å². The highest BCUT2D eigenvalue weighted by Gasteiger charge is 2.12. The smallest absolute Gasteiger partial charge is 0.257 e. The van der Waals surface area contributed by atoms with Gasteiger partial charge in [-0.15, -0.1) is 0 Å². The normalized spacial score (nSPS) is 10.6. The fourth-order valence-corrected chi connectivity index (χ4v) is 3.21. The molecule has 2 rings (SSSR count). The van der Waals surface area contributed by atoms with E-state index >= 15 is 0 Å². The van der Waals surface area contributed by atoms with Crippen LogP contribution in [0, 0.1) is 5.92 Å². The van der Waals surface area contributed by atoms with Gasteiger partial charge in [0.25, 0.3) is 5.91 Å². The van der Waals surface area contributed by atoms with Crippen molar-refractivity contribution in [2.45, 2.75) is 40.0 Å². The van der Waals surface area contributed by atoms with Gasteiger partial charge in [0.15, 0.2) is 5.11 Å². The van der Waals surface area contributed by atoms with Gasteiger partial charge in [-0.25, -0.2) is 0 Å². The Morgan fingerprint density at radius 1 is 1.10 bits per heavy atom. The Kier molecular flexibility index (Phi) is 10.1. The molecule has 0 bridgehead atoms. The van der Waals surface area contributed by atoms with Crippen molar-refractivity contribution in [3.05, 3.63) is 52.5 Å². The predicted molar refractivity (Wildman–Crippen MR) is 130 cm³/mol. The first-order valence-corrected chi connectivity index (χ1v) is 11.4. The molecule has 0 aliphatic heterocycles. The highest BCUT2D eigenvalue weighted by molar-refractivity contribution is 9.10. The summed E-state index contributed by atoms with van der Waals surface area (Å²) in [6.07, 6.45) is 3.00. The van der Waals surface area contributed by atoms with Crippen molar-refractivity contribution < 1.29 is 14.3 Å². The summed E-state index contributed by atoms with van der Waals surface area (Å²) in [5.41, 5.74) is 1.20. The number of amides is 1. The maximum absolute atomic E-state index is 12.6. The fourth-order valence-electron chi connectivity index (χ4n) is 2.51. The maximum Gasteiger partial charge on any atom is 0.257 e. The molecular formula is C23H29BrN2O3S. The number of ether oxygens (including phenoxy) is 2. The second-order valence-electron chi connectivity index (χ2n) is 7.28. The number of thiocarbonyl (C=S) groups is 1. The van der Waals surface area contributed by atoms with Crippen LogP contribution in [-0.2, 0) is 0 Å². The molecule has 5 nitrogen and oxygen atoms in total. The second-order valence-corrected chi connectivity index (χ2v) is 8.55. The standard InChI is InChI=1S/C23H29BrN2O3S/c1-4-5-13-28-21-9-7-6-8-19(21)25-23(30)26-22(27)17-10-11-20(18(24)15-17)29-14-12-16(2)3/h6-11,15-16H,4-5,12-14H2,1-3H3,(H2,25,26,27,30). The monoisotopic (exact) mass is 492 g/mol. The average Bonchev–Trinajstić information content (AvgIpc) is 2.70. The average molecular weight is 493 g/mol. The van der Waals surface area contributed by atoms with Gasteiger partial charge in [0.2, 0.25) is 0 Å². The third-order valence-electron chi connectivity index (χ3n) is 4.26. The number of hydrogen-bond acceptors (Lipinski definition) is 4. The zero-order valence-corrected chi connectivity index (χ0v) is 20.1. The summed E-state index contributed by atoms with van der Waals surface area (Å²) in [5, 5.41) is 5.96. The summed E-state index contributed by atoms with van der Waals surface area (Å²) in [5.74, 6) is 1.69. The highest BCUT2D eigenvalue weighted by Crippen LogP contribution is 2.27. The zero-order chi connectivity index (χ0) is 21.9. The van der Waals surface area contributed by atoms with Crippen molar-refractivity contribution in [2.75, 3.05) is 18.5 Å². The Morgan fingerprint density at radius 3 is 2.53 bits per heavy atom. The summed E-state index contributed by atoms with van der Waals surface area (Å²) < 4.78 is 12.3. The van der Waals surface area contributed by atoms with E-state index in [-0.39, 0.29) is 11.0 Å². The first-order chi connectivity index (χ1) is 14.4. The van der Waals surface area contributed by atoms with Crippen molar-refractivity contribution in [2.24, 2.45) is 5.92 Å². The van der Waals surface area contributed by atoms with Crippen LogP contribution in [0.2, 0.25) is 0 Å². The Morgan fingerprint density at radius 2 is 1.83 bits per heavy atom. The van der Waals surface area contributed by atoms with Crippen LogP contribution >= 0.6 is 28.1 Å². The lowest BCUT2D eigenvalue weighted by Gasteiger charge is -2.14. The van der Waals surface area contributed by atoms with Crippen LogP contribution in [0.5, 0.6) is 11.5 Å². The van der Waals surface area contributed by atoms with E-state index in [9.17, 15) is 4.79 Å². The number of hydrogen-bond donors (Lipinski definition) is 2. The second kappa shape index (κ2) is 12.5. The first-order valence-electron chi connectivity index (χ1n) is 10.2. The van der Waals surface area contributed by atoms with E-state index in [1.54, 1.807) is 18.2 Å². The maximum atomic E-state index is 12.6. The third kappa shape index (κ3) is 7.95. The SMILES string of the molecule is CCCCOc1ccccc1NC(=S)NC(=O)c1ccc(OCCC(C)C)c(Br)c1. The molecule has 0 aliphatic carbocycles. The lowest BCUT2D eigenvalue weighted by molar-refractivity contribution is 0.0977. The largest absolute Gasteiger partial charge is 0.492 e. The van der Waals surface area contributed by atoms with E-state index in [4.69, 9.17) is 21.7 Å². The van der Waals surface area contributed by atoms with Gasteiger partial charge in [-0.1, -0.05) is 39.3 Å². The Labute approximate surface area is 192 Å². The summed E-state index contributed by atoms with van der Waals surface area (Å²) in [6, 6.07) is 12.7. The first kappa shape index (κ1) is 24.2. The molecular weight excluding hydrogens is 464 g/mol. The minimum Gasteiger partial charge on any atom is -0.492 e. The molecule has 0 heterocycles. The number of nitrogens with one attached hydrogen (secondary N) is 2. The fraction of sp³-hybridized carbons (Fsp3) is 0.391. The molecule has 0 radical (unpaired) electrons. The van der Waals surface area contributed by atoms with Crippen LogP contribution in [0.3, 0.4) is 0 Å². The van der Waals surface area contributed by atoms with Gasteiger partial charge in [-0.3, -0.25) is 10.1 Å². The van der Waals surface area contributed by atoms with Crippen molar-refractivity contribution in [1.82, 2.24) is 5.32 Å².